The molecule has 1 aromatic rings. The molecule has 0 saturated heterocycles. The van der Waals surface area contributed by atoms with Gasteiger partial charge in [0, 0.05) is 0 Å². The van der Waals surface area contributed by atoms with Crippen LogP contribution in [0, 0.1) is 11.3 Å². The van der Waals surface area contributed by atoms with Gasteiger partial charge >= 0.3 is 0 Å². The third-order valence-electron chi connectivity index (χ3n) is 4.39. The summed E-state index contributed by atoms with van der Waals surface area (Å²) in [7, 11) is 3.07. The van der Waals surface area contributed by atoms with E-state index < -0.39 is 5.60 Å². The first-order valence-electron chi connectivity index (χ1n) is 7.00. The number of hydrogen-bond donors (Lipinski definition) is 1. The van der Waals surface area contributed by atoms with Gasteiger partial charge in [-0.25, -0.2) is 4.98 Å². The Balaban J connectivity index is 2.39. The van der Waals surface area contributed by atoms with E-state index in [0.29, 0.717) is 23.9 Å². The fourth-order valence-corrected chi connectivity index (χ4v) is 3.12. The van der Waals surface area contributed by atoms with Crippen LogP contribution >= 0.6 is 0 Å². The molecule has 1 aliphatic rings. The summed E-state index contributed by atoms with van der Waals surface area (Å²) in [5.74, 6) is 0.833. The Morgan fingerprint density at radius 2 is 1.95 bits per heavy atom. The largest absolute Gasteiger partial charge is 0.480 e. The monoisotopic (exact) mass is 280 g/mol. The normalized spacial score (nSPS) is 29.0. The van der Waals surface area contributed by atoms with Crippen LogP contribution in [-0.2, 0) is 5.60 Å². The predicted molar refractivity (Wildman–Crippen MR) is 75.8 cm³/mol. The summed E-state index contributed by atoms with van der Waals surface area (Å²) in [5, 5.41) is 11.1. The lowest BCUT2D eigenvalue weighted by Gasteiger charge is -2.44. The quantitative estimate of drug-likeness (QED) is 0.921. The average Bonchev–Trinajstić information content (AvgIpc) is 2.42. The summed E-state index contributed by atoms with van der Waals surface area (Å²) in [5.41, 5.74) is -0.220. The summed E-state index contributed by atoms with van der Waals surface area (Å²) in [6.45, 7) is 6.53. The summed E-state index contributed by atoms with van der Waals surface area (Å²) >= 11 is 0. The molecule has 1 aromatic heterocycles. The Bertz CT molecular complexity index is 490. The van der Waals surface area contributed by atoms with Crippen LogP contribution in [0.3, 0.4) is 0 Å². The first-order valence-corrected chi connectivity index (χ1v) is 7.00. The van der Waals surface area contributed by atoms with Crippen molar-refractivity contribution in [1.29, 1.82) is 0 Å². The van der Waals surface area contributed by atoms with Crippen molar-refractivity contribution in [1.82, 2.24) is 9.97 Å². The molecule has 5 heteroatoms. The summed E-state index contributed by atoms with van der Waals surface area (Å²) < 4.78 is 10.3. The smallest absolute Gasteiger partial charge is 0.241 e. The fourth-order valence-electron chi connectivity index (χ4n) is 3.12. The van der Waals surface area contributed by atoms with Crippen molar-refractivity contribution in [2.45, 2.75) is 45.6 Å². The molecule has 2 rings (SSSR count). The SMILES string of the molecule is COc1cnc(C2(O)CCC(C)(C)CC2C)c(OC)n1. The molecule has 2 unspecified atom stereocenters. The molecule has 2 atom stereocenters. The number of aromatic nitrogens is 2. The van der Waals surface area contributed by atoms with Gasteiger partial charge in [0.2, 0.25) is 11.8 Å². The minimum absolute atomic E-state index is 0.0999. The van der Waals surface area contributed by atoms with E-state index in [1.807, 2.05) is 0 Å². The molecule has 0 amide bonds. The molecule has 1 aliphatic carbocycles. The Labute approximate surface area is 120 Å². The van der Waals surface area contributed by atoms with Gasteiger partial charge in [0.05, 0.1) is 20.4 Å². The Kier molecular flexibility index (Phi) is 3.91. The van der Waals surface area contributed by atoms with E-state index in [9.17, 15) is 5.11 Å². The van der Waals surface area contributed by atoms with Crippen LogP contribution in [0.15, 0.2) is 6.20 Å². The number of nitrogens with zero attached hydrogens (tertiary/aromatic N) is 2. The van der Waals surface area contributed by atoms with Crippen molar-refractivity contribution in [2.24, 2.45) is 11.3 Å². The second-order valence-electron chi connectivity index (χ2n) is 6.46. The molecule has 0 radical (unpaired) electrons. The van der Waals surface area contributed by atoms with Gasteiger partial charge in [0.1, 0.15) is 11.3 Å². The molecular weight excluding hydrogens is 256 g/mol. The molecule has 1 saturated carbocycles. The van der Waals surface area contributed by atoms with E-state index in [-0.39, 0.29) is 11.3 Å². The minimum atomic E-state index is -0.986. The zero-order valence-electron chi connectivity index (χ0n) is 12.9. The Morgan fingerprint density at radius 3 is 2.50 bits per heavy atom. The number of rotatable bonds is 3. The van der Waals surface area contributed by atoms with Crippen molar-refractivity contribution in [3.63, 3.8) is 0 Å². The van der Waals surface area contributed by atoms with Gasteiger partial charge in [-0.2, -0.15) is 4.98 Å². The molecule has 0 aliphatic heterocycles. The third-order valence-corrected chi connectivity index (χ3v) is 4.39. The van der Waals surface area contributed by atoms with Crippen LogP contribution in [-0.4, -0.2) is 29.3 Å². The Morgan fingerprint density at radius 1 is 1.25 bits per heavy atom. The predicted octanol–water partition coefficient (Wildman–Crippen LogP) is 2.53. The second-order valence-corrected chi connectivity index (χ2v) is 6.46. The number of aliphatic hydroxyl groups is 1. The van der Waals surface area contributed by atoms with Gasteiger partial charge in [-0.15, -0.1) is 0 Å². The highest BCUT2D eigenvalue weighted by atomic mass is 16.5. The van der Waals surface area contributed by atoms with E-state index >= 15 is 0 Å². The van der Waals surface area contributed by atoms with Crippen molar-refractivity contribution in [3.05, 3.63) is 11.9 Å². The number of hydrogen-bond acceptors (Lipinski definition) is 5. The first kappa shape index (κ1) is 15.0. The average molecular weight is 280 g/mol. The van der Waals surface area contributed by atoms with Gasteiger partial charge in [0.15, 0.2) is 0 Å². The zero-order valence-corrected chi connectivity index (χ0v) is 12.9. The van der Waals surface area contributed by atoms with Crippen molar-refractivity contribution >= 4 is 0 Å². The maximum Gasteiger partial charge on any atom is 0.241 e. The second kappa shape index (κ2) is 5.20. The maximum atomic E-state index is 11.1. The molecule has 1 fully saturated rings. The van der Waals surface area contributed by atoms with Gasteiger partial charge < -0.3 is 14.6 Å². The topological polar surface area (TPSA) is 64.5 Å². The van der Waals surface area contributed by atoms with Gasteiger partial charge in [-0.3, -0.25) is 0 Å². The standard InChI is InChI=1S/C15H24N2O3/c1-10-8-14(2,3)6-7-15(10,18)12-13(20-5)17-11(19-4)9-16-12/h9-10,18H,6-8H2,1-5H3. The molecule has 0 aromatic carbocycles. The van der Waals surface area contributed by atoms with E-state index in [1.165, 1.54) is 20.4 Å². The van der Waals surface area contributed by atoms with Crippen LogP contribution < -0.4 is 9.47 Å². The van der Waals surface area contributed by atoms with E-state index in [2.05, 4.69) is 30.7 Å². The van der Waals surface area contributed by atoms with Crippen LogP contribution in [0.25, 0.3) is 0 Å². The molecule has 1 heterocycles. The van der Waals surface area contributed by atoms with E-state index in [1.54, 1.807) is 0 Å². The lowest BCUT2D eigenvalue weighted by atomic mass is 9.64. The highest BCUT2D eigenvalue weighted by Crippen LogP contribution is 2.49. The minimum Gasteiger partial charge on any atom is -0.480 e. The third kappa shape index (κ3) is 2.59. The lowest BCUT2D eigenvalue weighted by molar-refractivity contribution is -0.0818. The molecule has 1 N–H and O–H groups in total. The van der Waals surface area contributed by atoms with E-state index in [0.717, 1.165) is 12.8 Å². The van der Waals surface area contributed by atoms with Crippen LogP contribution in [0.1, 0.15) is 45.7 Å². The molecule has 0 spiro atoms. The van der Waals surface area contributed by atoms with Gasteiger partial charge in [-0.1, -0.05) is 20.8 Å². The Hall–Kier alpha value is -1.36. The molecule has 20 heavy (non-hydrogen) atoms. The lowest BCUT2D eigenvalue weighted by Crippen LogP contribution is -2.42. The highest BCUT2D eigenvalue weighted by Gasteiger charge is 2.46. The van der Waals surface area contributed by atoms with Crippen LogP contribution in [0.2, 0.25) is 0 Å². The molecule has 0 bridgehead atoms. The van der Waals surface area contributed by atoms with Gasteiger partial charge in [0.25, 0.3) is 0 Å². The number of methoxy groups -OCH3 is 2. The highest BCUT2D eigenvalue weighted by molar-refractivity contribution is 5.29. The summed E-state index contributed by atoms with van der Waals surface area (Å²) in [6.07, 6.45) is 4.09. The molecular formula is C15H24N2O3. The molecule has 112 valence electrons. The van der Waals surface area contributed by atoms with Gasteiger partial charge in [-0.05, 0) is 30.6 Å². The summed E-state index contributed by atoms with van der Waals surface area (Å²) in [4.78, 5) is 8.59. The van der Waals surface area contributed by atoms with Crippen LogP contribution in [0.4, 0.5) is 0 Å². The first-order chi connectivity index (χ1) is 9.32. The van der Waals surface area contributed by atoms with Crippen LogP contribution in [0.5, 0.6) is 11.8 Å². The number of ether oxygens (including phenoxy) is 2. The zero-order chi connectivity index (χ0) is 15.0. The molecule has 5 nitrogen and oxygen atoms in total. The fraction of sp³-hybridized carbons (Fsp3) is 0.733. The maximum absolute atomic E-state index is 11.1. The summed E-state index contributed by atoms with van der Waals surface area (Å²) in [6, 6.07) is 0. The van der Waals surface area contributed by atoms with Crippen molar-refractivity contribution in [2.75, 3.05) is 14.2 Å². The van der Waals surface area contributed by atoms with Crippen molar-refractivity contribution in [3.8, 4) is 11.8 Å². The van der Waals surface area contributed by atoms with E-state index in [4.69, 9.17) is 9.47 Å². The van der Waals surface area contributed by atoms with Crippen molar-refractivity contribution < 1.29 is 14.6 Å².